The van der Waals surface area contributed by atoms with Crippen molar-refractivity contribution in [2.45, 2.75) is 26.8 Å². The molecule has 21 heavy (non-hydrogen) atoms. The van der Waals surface area contributed by atoms with Crippen LogP contribution in [0.1, 0.15) is 20.3 Å². The molecule has 0 saturated carbocycles. The van der Waals surface area contributed by atoms with E-state index in [1.165, 1.54) is 17.8 Å². The summed E-state index contributed by atoms with van der Waals surface area (Å²) in [4.78, 5) is 26.5. The zero-order valence-corrected chi connectivity index (χ0v) is 13.2. The van der Waals surface area contributed by atoms with Crippen molar-refractivity contribution in [1.82, 2.24) is 9.47 Å². The van der Waals surface area contributed by atoms with Crippen molar-refractivity contribution in [2.75, 3.05) is 13.1 Å². The monoisotopic (exact) mass is 304 g/mol. The Balaban J connectivity index is 1.83. The molecule has 0 bridgehead atoms. The van der Waals surface area contributed by atoms with E-state index in [0.717, 1.165) is 23.3 Å². The number of amides is 1. The van der Waals surface area contributed by atoms with E-state index in [9.17, 15) is 9.59 Å². The van der Waals surface area contributed by atoms with Gasteiger partial charge in [-0.15, -0.1) is 0 Å². The summed E-state index contributed by atoms with van der Waals surface area (Å²) in [5.41, 5.74) is 0.860. The highest BCUT2D eigenvalue weighted by atomic mass is 32.1. The van der Waals surface area contributed by atoms with Gasteiger partial charge in [0.05, 0.1) is 10.2 Å². The number of thiazole rings is 1. The number of nitrogens with zero attached hydrogens (tertiary/aromatic N) is 2. The Kier molecular flexibility index (Phi) is 3.85. The Hall–Kier alpha value is -1.62. The molecular weight excluding hydrogens is 284 g/mol. The Morgan fingerprint density at radius 1 is 1.24 bits per heavy atom. The first kappa shape index (κ1) is 14.3. The standard InChI is InChI=1S/C16H20N2O2S/c1-11-7-12(2)9-17(8-11)15(19)10-18-13-5-3-4-6-14(13)21-16(18)20/h3-6,11-12H,7-10H2,1-2H3/t11-,12-/m0/s1. The SMILES string of the molecule is C[C@H]1C[C@H](C)CN(C(=O)Cn2c(=O)sc3ccccc32)C1. The van der Waals surface area contributed by atoms with Crippen LogP contribution in [0, 0.1) is 11.8 Å². The van der Waals surface area contributed by atoms with Gasteiger partial charge < -0.3 is 4.90 Å². The van der Waals surface area contributed by atoms with E-state index in [1.807, 2.05) is 29.2 Å². The van der Waals surface area contributed by atoms with Crippen LogP contribution in [0.25, 0.3) is 10.2 Å². The van der Waals surface area contributed by atoms with Crippen molar-refractivity contribution in [3.05, 3.63) is 33.9 Å². The van der Waals surface area contributed by atoms with Gasteiger partial charge in [0.1, 0.15) is 6.54 Å². The number of carbonyl (C=O) groups excluding carboxylic acids is 1. The molecule has 1 aliphatic heterocycles. The van der Waals surface area contributed by atoms with Gasteiger partial charge in [-0.25, -0.2) is 0 Å². The van der Waals surface area contributed by atoms with Crippen LogP contribution in [0.5, 0.6) is 0 Å². The number of aromatic nitrogens is 1. The average molecular weight is 304 g/mol. The third kappa shape index (κ3) is 2.88. The maximum Gasteiger partial charge on any atom is 0.308 e. The molecular formula is C16H20N2O2S. The molecule has 0 aliphatic carbocycles. The van der Waals surface area contributed by atoms with E-state index in [0.29, 0.717) is 11.8 Å². The van der Waals surface area contributed by atoms with Crippen LogP contribution in [-0.2, 0) is 11.3 Å². The van der Waals surface area contributed by atoms with Crippen LogP contribution in [0.2, 0.25) is 0 Å². The molecule has 112 valence electrons. The molecule has 2 heterocycles. The molecule has 4 nitrogen and oxygen atoms in total. The summed E-state index contributed by atoms with van der Waals surface area (Å²) in [7, 11) is 0. The second-order valence-corrected chi connectivity index (χ2v) is 7.16. The Morgan fingerprint density at radius 3 is 2.62 bits per heavy atom. The summed E-state index contributed by atoms with van der Waals surface area (Å²) in [5.74, 6) is 1.13. The molecule has 1 saturated heterocycles. The van der Waals surface area contributed by atoms with Crippen molar-refractivity contribution in [3.8, 4) is 0 Å². The first-order valence-corrected chi connectivity index (χ1v) is 8.22. The van der Waals surface area contributed by atoms with Gasteiger partial charge in [0.15, 0.2) is 0 Å². The highest BCUT2D eigenvalue weighted by Gasteiger charge is 2.26. The van der Waals surface area contributed by atoms with Crippen LogP contribution in [0.3, 0.4) is 0 Å². The summed E-state index contributed by atoms with van der Waals surface area (Å²) in [6, 6.07) is 7.65. The number of fused-ring (bicyclic) bond motifs is 1. The number of piperidine rings is 1. The Morgan fingerprint density at radius 2 is 1.90 bits per heavy atom. The lowest BCUT2D eigenvalue weighted by Crippen LogP contribution is -2.44. The number of hydrogen-bond acceptors (Lipinski definition) is 3. The van der Waals surface area contributed by atoms with Crippen LogP contribution >= 0.6 is 11.3 Å². The first-order valence-electron chi connectivity index (χ1n) is 7.40. The molecule has 3 rings (SSSR count). The fourth-order valence-electron chi connectivity index (χ4n) is 3.27. The zero-order valence-electron chi connectivity index (χ0n) is 12.4. The minimum absolute atomic E-state index is 0.0531. The van der Waals surface area contributed by atoms with Crippen molar-refractivity contribution in [2.24, 2.45) is 11.8 Å². The highest BCUT2D eigenvalue weighted by Crippen LogP contribution is 2.22. The second kappa shape index (κ2) is 5.64. The van der Waals surface area contributed by atoms with E-state index >= 15 is 0 Å². The van der Waals surface area contributed by atoms with Crippen molar-refractivity contribution >= 4 is 27.5 Å². The summed E-state index contributed by atoms with van der Waals surface area (Å²) in [6.07, 6.45) is 1.17. The summed E-state index contributed by atoms with van der Waals surface area (Å²) < 4.78 is 2.54. The van der Waals surface area contributed by atoms with Crippen molar-refractivity contribution < 1.29 is 4.79 Å². The van der Waals surface area contributed by atoms with E-state index in [2.05, 4.69) is 13.8 Å². The van der Waals surface area contributed by atoms with E-state index in [4.69, 9.17) is 0 Å². The van der Waals surface area contributed by atoms with Gasteiger partial charge in [0, 0.05) is 13.1 Å². The van der Waals surface area contributed by atoms with Gasteiger partial charge in [0.25, 0.3) is 0 Å². The largest absolute Gasteiger partial charge is 0.341 e. The van der Waals surface area contributed by atoms with Gasteiger partial charge in [-0.2, -0.15) is 0 Å². The molecule has 2 aromatic rings. The Labute approximate surface area is 128 Å². The number of hydrogen-bond donors (Lipinski definition) is 0. The van der Waals surface area contributed by atoms with Crippen LogP contribution in [-0.4, -0.2) is 28.5 Å². The lowest BCUT2D eigenvalue weighted by molar-refractivity contribution is -0.134. The number of carbonyl (C=O) groups is 1. The van der Waals surface area contributed by atoms with E-state index < -0.39 is 0 Å². The molecule has 2 atom stereocenters. The van der Waals surface area contributed by atoms with Crippen LogP contribution < -0.4 is 4.87 Å². The van der Waals surface area contributed by atoms with Gasteiger partial charge in [0.2, 0.25) is 5.91 Å². The topological polar surface area (TPSA) is 42.3 Å². The lowest BCUT2D eigenvalue weighted by atomic mass is 9.92. The minimum Gasteiger partial charge on any atom is -0.341 e. The fourth-order valence-corrected chi connectivity index (χ4v) is 4.16. The van der Waals surface area contributed by atoms with Crippen LogP contribution in [0.15, 0.2) is 29.1 Å². The maximum absolute atomic E-state index is 12.5. The molecule has 1 aromatic carbocycles. The summed E-state index contributed by atoms with van der Waals surface area (Å²) in [6.45, 7) is 6.13. The normalized spacial score (nSPS) is 22.7. The molecule has 0 unspecified atom stereocenters. The van der Waals surface area contributed by atoms with Crippen molar-refractivity contribution in [1.29, 1.82) is 0 Å². The molecule has 0 spiro atoms. The molecule has 1 amide bonds. The predicted octanol–water partition coefficient (Wildman–Crippen LogP) is 2.57. The van der Waals surface area contributed by atoms with E-state index in [-0.39, 0.29) is 17.3 Å². The molecule has 1 aliphatic rings. The molecule has 5 heteroatoms. The average Bonchev–Trinajstić information content (AvgIpc) is 2.74. The minimum atomic E-state index is -0.0531. The van der Waals surface area contributed by atoms with Gasteiger partial charge in [-0.3, -0.25) is 14.2 Å². The van der Waals surface area contributed by atoms with Gasteiger partial charge >= 0.3 is 4.87 Å². The number of likely N-dealkylation sites (tertiary alicyclic amines) is 1. The summed E-state index contributed by atoms with van der Waals surface area (Å²) >= 11 is 1.21. The lowest BCUT2D eigenvalue weighted by Gasteiger charge is -2.35. The third-order valence-electron chi connectivity index (χ3n) is 4.09. The number of benzene rings is 1. The summed E-state index contributed by atoms with van der Waals surface area (Å²) in [5, 5.41) is 0. The number of para-hydroxylation sites is 1. The predicted molar refractivity (Wildman–Crippen MR) is 85.6 cm³/mol. The van der Waals surface area contributed by atoms with Gasteiger partial charge in [-0.1, -0.05) is 37.3 Å². The van der Waals surface area contributed by atoms with Crippen molar-refractivity contribution in [3.63, 3.8) is 0 Å². The zero-order chi connectivity index (χ0) is 15.0. The smallest absolute Gasteiger partial charge is 0.308 e. The third-order valence-corrected chi connectivity index (χ3v) is 5.05. The highest BCUT2D eigenvalue weighted by molar-refractivity contribution is 7.16. The molecule has 1 fully saturated rings. The Bertz CT molecular complexity index is 708. The van der Waals surface area contributed by atoms with E-state index in [1.54, 1.807) is 4.57 Å². The molecule has 0 radical (unpaired) electrons. The maximum atomic E-state index is 12.5. The fraction of sp³-hybridized carbons (Fsp3) is 0.500. The molecule has 0 N–H and O–H groups in total. The first-order chi connectivity index (χ1) is 10.0. The molecule has 1 aromatic heterocycles. The second-order valence-electron chi connectivity index (χ2n) is 6.17. The van der Waals surface area contributed by atoms with Crippen LogP contribution in [0.4, 0.5) is 0 Å². The number of rotatable bonds is 2. The quantitative estimate of drug-likeness (QED) is 0.856. The van der Waals surface area contributed by atoms with Gasteiger partial charge in [-0.05, 0) is 30.4 Å².